The quantitative estimate of drug-likeness (QED) is 0.464. The van der Waals surface area contributed by atoms with Crippen molar-refractivity contribution in [3.8, 4) is 0 Å². The van der Waals surface area contributed by atoms with Crippen LogP contribution in [0.25, 0.3) is 6.08 Å². The van der Waals surface area contributed by atoms with Crippen LogP contribution >= 0.6 is 0 Å². The number of ether oxygens (including phenoxy) is 1. The van der Waals surface area contributed by atoms with Gasteiger partial charge in [-0.25, -0.2) is 4.79 Å². The molecule has 2 heteroatoms. The Hall–Kier alpha value is -1.57. The minimum Gasteiger partial charge on any atom is -0.465 e. The predicted octanol–water partition coefficient (Wildman–Crippen LogP) is 5.87. The Morgan fingerprint density at radius 3 is 2.43 bits per heavy atom. The van der Waals surface area contributed by atoms with E-state index >= 15 is 0 Å². The summed E-state index contributed by atoms with van der Waals surface area (Å²) < 4.78 is 4.72. The van der Waals surface area contributed by atoms with Gasteiger partial charge in [-0.05, 0) is 55.2 Å². The van der Waals surface area contributed by atoms with Crippen LogP contribution in [0, 0.1) is 11.8 Å². The van der Waals surface area contributed by atoms with Crippen molar-refractivity contribution < 1.29 is 9.53 Å². The van der Waals surface area contributed by atoms with Crippen LogP contribution in [-0.4, -0.2) is 13.1 Å². The number of hydrogen-bond donors (Lipinski definition) is 0. The average Bonchev–Trinajstić information content (AvgIpc) is 2.61. The van der Waals surface area contributed by atoms with E-state index in [1.54, 1.807) is 0 Å². The average molecular weight is 314 g/mol. The van der Waals surface area contributed by atoms with Gasteiger partial charge in [-0.2, -0.15) is 0 Å². The lowest BCUT2D eigenvalue weighted by Gasteiger charge is -2.26. The zero-order valence-electron chi connectivity index (χ0n) is 14.6. The van der Waals surface area contributed by atoms with Gasteiger partial charge < -0.3 is 4.74 Å². The summed E-state index contributed by atoms with van der Waals surface area (Å²) in [5, 5.41) is 0. The Morgan fingerprint density at radius 2 is 1.83 bits per heavy atom. The maximum absolute atomic E-state index is 11.4. The maximum Gasteiger partial charge on any atom is 0.337 e. The second kappa shape index (κ2) is 9.54. The highest BCUT2D eigenvalue weighted by atomic mass is 16.5. The topological polar surface area (TPSA) is 26.3 Å². The predicted molar refractivity (Wildman–Crippen MR) is 96.4 cm³/mol. The zero-order chi connectivity index (χ0) is 16.5. The highest BCUT2D eigenvalue weighted by Crippen LogP contribution is 2.33. The van der Waals surface area contributed by atoms with Gasteiger partial charge >= 0.3 is 5.97 Å². The molecule has 1 aliphatic rings. The molecule has 1 fully saturated rings. The first-order chi connectivity index (χ1) is 11.2. The summed E-state index contributed by atoms with van der Waals surface area (Å²) in [6, 6.07) is 7.63. The number of rotatable bonds is 7. The largest absolute Gasteiger partial charge is 0.465 e. The maximum atomic E-state index is 11.4. The lowest BCUT2D eigenvalue weighted by atomic mass is 9.79. The summed E-state index contributed by atoms with van der Waals surface area (Å²) in [6.07, 6.45) is 15.5. The van der Waals surface area contributed by atoms with Crippen molar-refractivity contribution in [3.05, 3.63) is 41.5 Å². The number of carbonyl (C=O) groups excluding carboxylic acids is 1. The smallest absolute Gasteiger partial charge is 0.337 e. The Bertz CT molecular complexity index is 493. The third-order valence-corrected chi connectivity index (χ3v) is 5.00. The molecule has 0 N–H and O–H groups in total. The second-order valence-corrected chi connectivity index (χ2v) is 6.75. The van der Waals surface area contributed by atoms with Crippen molar-refractivity contribution in [2.45, 2.75) is 58.3 Å². The molecule has 126 valence electrons. The van der Waals surface area contributed by atoms with E-state index in [9.17, 15) is 4.79 Å². The Morgan fingerprint density at radius 1 is 1.13 bits per heavy atom. The summed E-state index contributed by atoms with van der Waals surface area (Å²) in [5.74, 6) is 1.41. The third kappa shape index (κ3) is 5.85. The van der Waals surface area contributed by atoms with Crippen LogP contribution in [0.5, 0.6) is 0 Å². The molecule has 23 heavy (non-hydrogen) atoms. The number of methoxy groups -OCH3 is 1. The molecule has 0 saturated heterocycles. The normalized spacial score (nSPS) is 21.5. The summed E-state index contributed by atoms with van der Waals surface area (Å²) in [7, 11) is 1.41. The summed E-state index contributed by atoms with van der Waals surface area (Å²) in [6.45, 7) is 2.28. The molecular weight excluding hydrogens is 284 g/mol. The first-order valence-electron chi connectivity index (χ1n) is 9.09. The molecule has 0 heterocycles. The molecule has 0 spiro atoms. The molecule has 1 aromatic carbocycles. The molecule has 2 nitrogen and oxygen atoms in total. The van der Waals surface area contributed by atoms with Crippen molar-refractivity contribution in [3.63, 3.8) is 0 Å². The summed E-state index contributed by atoms with van der Waals surface area (Å²) in [4.78, 5) is 11.4. The van der Waals surface area contributed by atoms with Gasteiger partial charge in [0.15, 0.2) is 0 Å². The number of allylic oxidation sites excluding steroid dienone is 1. The lowest BCUT2D eigenvalue weighted by molar-refractivity contribution is 0.0600. The van der Waals surface area contributed by atoms with Gasteiger partial charge in [0.05, 0.1) is 12.7 Å². The lowest BCUT2D eigenvalue weighted by Crippen LogP contribution is -2.12. The fourth-order valence-corrected chi connectivity index (χ4v) is 3.45. The van der Waals surface area contributed by atoms with Gasteiger partial charge in [0.2, 0.25) is 0 Å². The van der Waals surface area contributed by atoms with Gasteiger partial charge in [-0.3, -0.25) is 0 Å². The third-order valence-electron chi connectivity index (χ3n) is 5.00. The van der Waals surface area contributed by atoms with Gasteiger partial charge in [-0.15, -0.1) is 0 Å². The molecule has 1 aromatic rings. The van der Waals surface area contributed by atoms with Crippen molar-refractivity contribution >= 4 is 12.0 Å². The van der Waals surface area contributed by atoms with Gasteiger partial charge in [0.1, 0.15) is 0 Å². The molecule has 0 amide bonds. The van der Waals surface area contributed by atoms with Crippen LogP contribution in [0.4, 0.5) is 0 Å². The van der Waals surface area contributed by atoms with Crippen LogP contribution in [0.3, 0.4) is 0 Å². The van der Waals surface area contributed by atoms with Crippen molar-refractivity contribution in [1.82, 2.24) is 0 Å². The highest BCUT2D eigenvalue weighted by molar-refractivity contribution is 5.89. The Balaban J connectivity index is 1.77. The summed E-state index contributed by atoms with van der Waals surface area (Å²) in [5.41, 5.74) is 1.76. The van der Waals surface area contributed by atoms with E-state index in [1.807, 2.05) is 24.3 Å². The zero-order valence-corrected chi connectivity index (χ0v) is 14.6. The van der Waals surface area contributed by atoms with E-state index in [0.717, 1.165) is 17.4 Å². The first kappa shape index (κ1) is 17.8. The standard InChI is InChI=1S/C21H30O2/c1-3-4-5-6-17-7-9-18(10-8-17)11-12-19-13-15-20(16-14-19)21(22)23-2/h11-18H,3-10H2,1-2H3. The molecule has 0 unspecified atom stereocenters. The van der Waals surface area contributed by atoms with Crippen molar-refractivity contribution in [1.29, 1.82) is 0 Å². The monoisotopic (exact) mass is 314 g/mol. The van der Waals surface area contributed by atoms with E-state index in [4.69, 9.17) is 4.74 Å². The minimum absolute atomic E-state index is 0.276. The van der Waals surface area contributed by atoms with E-state index in [1.165, 1.54) is 58.5 Å². The molecule has 2 rings (SSSR count). The number of benzene rings is 1. The highest BCUT2D eigenvalue weighted by Gasteiger charge is 2.18. The second-order valence-electron chi connectivity index (χ2n) is 6.75. The molecule has 0 atom stereocenters. The minimum atomic E-state index is -0.276. The van der Waals surface area contributed by atoms with Crippen molar-refractivity contribution in [2.24, 2.45) is 11.8 Å². The number of hydrogen-bond acceptors (Lipinski definition) is 2. The van der Waals surface area contributed by atoms with E-state index in [0.29, 0.717) is 5.56 Å². The van der Waals surface area contributed by atoms with Crippen LogP contribution < -0.4 is 0 Å². The van der Waals surface area contributed by atoms with E-state index in [2.05, 4.69) is 19.1 Å². The molecular formula is C21H30O2. The molecule has 0 radical (unpaired) electrons. The SMILES string of the molecule is CCCCCC1CCC(C=Cc2ccc(C(=O)OC)cc2)CC1. The number of carbonyl (C=O) groups is 1. The fourth-order valence-electron chi connectivity index (χ4n) is 3.45. The first-order valence-corrected chi connectivity index (χ1v) is 9.09. The molecule has 0 aromatic heterocycles. The van der Waals surface area contributed by atoms with Crippen LogP contribution in [0.1, 0.15) is 74.2 Å². The van der Waals surface area contributed by atoms with Crippen LogP contribution in [0.2, 0.25) is 0 Å². The number of esters is 1. The van der Waals surface area contributed by atoms with Gasteiger partial charge in [0.25, 0.3) is 0 Å². The molecule has 0 bridgehead atoms. The Labute approximate surface area is 140 Å². The van der Waals surface area contributed by atoms with Crippen LogP contribution in [0.15, 0.2) is 30.3 Å². The van der Waals surface area contributed by atoms with E-state index < -0.39 is 0 Å². The summed E-state index contributed by atoms with van der Waals surface area (Å²) >= 11 is 0. The van der Waals surface area contributed by atoms with Crippen molar-refractivity contribution in [2.75, 3.05) is 7.11 Å². The Kier molecular flexibility index (Phi) is 7.38. The van der Waals surface area contributed by atoms with Crippen LogP contribution in [-0.2, 0) is 4.74 Å². The van der Waals surface area contributed by atoms with Gasteiger partial charge in [0, 0.05) is 0 Å². The van der Waals surface area contributed by atoms with E-state index in [-0.39, 0.29) is 5.97 Å². The van der Waals surface area contributed by atoms with Gasteiger partial charge in [-0.1, -0.05) is 56.9 Å². The molecule has 1 saturated carbocycles. The number of unbranched alkanes of at least 4 members (excludes halogenated alkanes) is 2. The molecule has 1 aliphatic carbocycles. The molecule has 0 aliphatic heterocycles. The fraction of sp³-hybridized carbons (Fsp3) is 0.571.